The highest BCUT2D eigenvalue weighted by Crippen LogP contribution is 2.21. The maximum atomic E-state index is 12.9. The normalized spacial score (nSPS) is 21.0. The van der Waals surface area contributed by atoms with Crippen LogP contribution in [0.3, 0.4) is 0 Å². The average Bonchev–Trinajstić information content (AvgIpc) is 2.48. The first-order chi connectivity index (χ1) is 10.1. The summed E-state index contributed by atoms with van der Waals surface area (Å²) < 4.78 is 29.2. The lowest BCUT2D eigenvalue weighted by Gasteiger charge is -2.35. The van der Waals surface area contributed by atoms with Crippen molar-refractivity contribution in [3.05, 3.63) is 0 Å². The van der Waals surface area contributed by atoms with E-state index in [1.165, 1.54) is 0 Å². The van der Waals surface area contributed by atoms with Gasteiger partial charge in [-0.3, -0.25) is 0 Å². The van der Waals surface area contributed by atoms with E-state index in [0.717, 1.165) is 45.1 Å². The largest absolute Gasteiger partial charge is 0.319 e. The van der Waals surface area contributed by atoms with Crippen molar-refractivity contribution >= 4 is 10.2 Å². The van der Waals surface area contributed by atoms with Crippen molar-refractivity contribution in [1.29, 1.82) is 0 Å². The summed E-state index contributed by atoms with van der Waals surface area (Å²) in [6, 6.07) is 0. The van der Waals surface area contributed by atoms with Gasteiger partial charge in [-0.1, -0.05) is 26.7 Å². The molecule has 0 aromatic carbocycles. The molecule has 5 nitrogen and oxygen atoms in total. The van der Waals surface area contributed by atoms with Crippen LogP contribution in [-0.2, 0) is 10.2 Å². The first kappa shape index (κ1) is 18.9. The molecular weight excluding hydrogens is 286 g/mol. The third-order valence-electron chi connectivity index (χ3n) is 4.15. The second-order valence-corrected chi connectivity index (χ2v) is 7.97. The topological polar surface area (TPSA) is 52.7 Å². The van der Waals surface area contributed by atoms with E-state index >= 15 is 0 Å². The predicted octanol–water partition coefficient (Wildman–Crippen LogP) is 2.06. The fourth-order valence-corrected chi connectivity index (χ4v) is 4.67. The molecule has 21 heavy (non-hydrogen) atoms. The Morgan fingerprint density at radius 3 is 2.33 bits per heavy atom. The molecule has 0 aromatic rings. The SMILES string of the molecule is CCCCN(CCCC)S(=O)(=O)N1CCCC(CNC)C1. The van der Waals surface area contributed by atoms with Crippen molar-refractivity contribution in [2.24, 2.45) is 5.92 Å². The fourth-order valence-electron chi connectivity index (χ4n) is 2.87. The minimum Gasteiger partial charge on any atom is -0.319 e. The molecule has 1 aliphatic rings. The van der Waals surface area contributed by atoms with Gasteiger partial charge in [0, 0.05) is 26.2 Å². The predicted molar refractivity (Wildman–Crippen MR) is 88.5 cm³/mol. The quantitative estimate of drug-likeness (QED) is 0.670. The smallest absolute Gasteiger partial charge is 0.281 e. The standard InChI is InChI=1S/C15H33N3O2S/c1-4-6-10-17(11-7-5-2)21(19,20)18-12-8-9-15(14-18)13-16-3/h15-16H,4-14H2,1-3H3. The third-order valence-corrected chi connectivity index (χ3v) is 6.15. The molecule has 1 atom stereocenters. The molecule has 0 aromatic heterocycles. The summed E-state index contributed by atoms with van der Waals surface area (Å²) in [6.45, 7) is 7.77. The zero-order valence-electron chi connectivity index (χ0n) is 14.0. The van der Waals surface area contributed by atoms with Crippen molar-refractivity contribution in [1.82, 2.24) is 13.9 Å². The summed E-state index contributed by atoms with van der Waals surface area (Å²) in [5.74, 6) is 0.442. The van der Waals surface area contributed by atoms with Gasteiger partial charge in [0.2, 0.25) is 0 Å². The number of hydrogen-bond donors (Lipinski definition) is 1. The average molecular weight is 320 g/mol. The van der Waals surface area contributed by atoms with E-state index < -0.39 is 10.2 Å². The van der Waals surface area contributed by atoms with Gasteiger partial charge in [-0.25, -0.2) is 0 Å². The summed E-state index contributed by atoms with van der Waals surface area (Å²) in [7, 11) is -1.35. The molecule has 1 rings (SSSR count). The highest BCUT2D eigenvalue weighted by Gasteiger charge is 2.32. The van der Waals surface area contributed by atoms with Gasteiger partial charge in [-0.15, -0.1) is 0 Å². The van der Waals surface area contributed by atoms with E-state index in [1.54, 1.807) is 8.61 Å². The Morgan fingerprint density at radius 2 is 1.81 bits per heavy atom. The second kappa shape index (κ2) is 9.77. The molecule has 0 radical (unpaired) electrons. The molecule has 0 saturated carbocycles. The Bertz CT molecular complexity index is 363. The third kappa shape index (κ3) is 5.85. The molecule has 0 bridgehead atoms. The van der Waals surface area contributed by atoms with Crippen LogP contribution in [0.4, 0.5) is 0 Å². The molecule has 1 aliphatic heterocycles. The Hall–Kier alpha value is -0.170. The van der Waals surface area contributed by atoms with Crippen LogP contribution in [0.25, 0.3) is 0 Å². The monoisotopic (exact) mass is 319 g/mol. The number of nitrogens with zero attached hydrogens (tertiary/aromatic N) is 2. The van der Waals surface area contributed by atoms with Gasteiger partial charge in [0.1, 0.15) is 0 Å². The summed E-state index contributed by atoms with van der Waals surface area (Å²) in [4.78, 5) is 0. The van der Waals surface area contributed by atoms with Gasteiger partial charge in [0.25, 0.3) is 10.2 Å². The molecule has 1 fully saturated rings. The van der Waals surface area contributed by atoms with Gasteiger partial charge in [-0.2, -0.15) is 17.0 Å². The van der Waals surface area contributed by atoms with Crippen LogP contribution in [0.15, 0.2) is 0 Å². The molecular formula is C15H33N3O2S. The van der Waals surface area contributed by atoms with E-state index in [2.05, 4.69) is 19.2 Å². The maximum absolute atomic E-state index is 12.9. The highest BCUT2D eigenvalue weighted by molar-refractivity contribution is 7.86. The molecule has 1 unspecified atom stereocenters. The minimum atomic E-state index is -3.28. The lowest BCUT2D eigenvalue weighted by atomic mass is 10.00. The van der Waals surface area contributed by atoms with E-state index in [-0.39, 0.29) is 0 Å². The second-order valence-electron chi connectivity index (χ2n) is 6.04. The van der Waals surface area contributed by atoms with Gasteiger partial charge in [0.15, 0.2) is 0 Å². The molecule has 0 aliphatic carbocycles. The van der Waals surface area contributed by atoms with Gasteiger partial charge in [-0.05, 0) is 45.2 Å². The van der Waals surface area contributed by atoms with Crippen LogP contribution >= 0.6 is 0 Å². The van der Waals surface area contributed by atoms with Crippen LogP contribution in [0, 0.1) is 5.92 Å². The lowest BCUT2D eigenvalue weighted by molar-refractivity contribution is 0.242. The lowest BCUT2D eigenvalue weighted by Crippen LogP contribution is -2.49. The number of rotatable bonds is 10. The molecule has 6 heteroatoms. The number of hydrogen-bond acceptors (Lipinski definition) is 3. The van der Waals surface area contributed by atoms with Gasteiger partial charge < -0.3 is 5.32 Å². The Labute approximate surface area is 131 Å². The van der Waals surface area contributed by atoms with E-state index in [9.17, 15) is 8.42 Å². The number of piperidine rings is 1. The first-order valence-electron chi connectivity index (χ1n) is 8.46. The summed E-state index contributed by atoms with van der Waals surface area (Å²) in [5, 5.41) is 3.17. The van der Waals surface area contributed by atoms with Crippen LogP contribution in [-0.4, -0.2) is 56.8 Å². The number of unbranched alkanes of at least 4 members (excludes halogenated alkanes) is 2. The first-order valence-corrected chi connectivity index (χ1v) is 9.85. The van der Waals surface area contributed by atoms with E-state index in [1.807, 2.05) is 7.05 Å². The zero-order valence-corrected chi connectivity index (χ0v) is 14.8. The van der Waals surface area contributed by atoms with Crippen LogP contribution in [0.2, 0.25) is 0 Å². The summed E-state index contributed by atoms with van der Waals surface area (Å²) in [6.07, 6.45) is 6.03. The van der Waals surface area contributed by atoms with Crippen molar-refractivity contribution in [3.63, 3.8) is 0 Å². The van der Waals surface area contributed by atoms with Crippen molar-refractivity contribution in [2.75, 3.05) is 39.8 Å². The Balaban J connectivity index is 2.72. The summed E-state index contributed by atoms with van der Waals surface area (Å²) in [5.41, 5.74) is 0. The van der Waals surface area contributed by atoms with E-state index in [4.69, 9.17) is 0 Å². The zero-order chi connectivity index (χ0) is 15.7. The molecule has 0 spiro atoms. The molecule has 126 valence electrons. The van der Waals surface area contributed by atoms with Crippen molar-refractivity contribution < 1.29 is 8.42 Å². The highest BCUT2D eigenvalue weighted by atomic mass is 32.2. The maximum Gasteiger partial charge on any atom is 0.281 e. The van der Waals surface area contributed by atoms with Gasteiger partial charge in [0.05, 0.1) is 0 Å². The van der Waals surface area contributed by atoms with Crippen LogP contribution in [0.5, 0.6) is 0 Å². The Morgan fingerprint density at radius 1 is 1.19 bits per heavy atom. The fraction of sp³-hybridized carbons (Fsp3) is 1.00. The van der Waals surface area contributed by atoms with E-state index in [0.29, 0.717) is 32.1 Å². The van der Waals surface area contributed by atoms with Crippen molar-refractivity contribution in [2.45, 2.75) is 52.4 Å². The number of nitrogens with one attached hydrogen (secondary N) is 1. The van der Waals surface area contributed by atoms with Crippen LogP contribution in [0.1, 0.15) is 52.4 Å². The van der Waals surface area contributed by atoms with Crippen LogP contribution < -0.4 is 5.32 Å². The molecule has 0 amide bonds. The molecule has 1 saturated heterocycles. The Kier molecular flexibility index (Phi) is 8.78. The molecule has 1 N–H and O–H groups in total. The van der Waals surface area contributed by atoms with Crippen molar-refractivity contribution in [3.8, 4) is 0 Å². The molecule has 1 heterocycles. The summed E-state index contributed by atoms with van der Waals surface area (Å²) >= 11 is 0. The minimum absolute atomic E-state index is 0.442. The van der Waals surface area contributed by atoms with Gasteiger partial charge >= 0.3 is 0 Å².